The van der Waals surface area contributed by atoms with Crippen LogP contribution in [0.1, 0.15) is 55.4 Å². The van der Waals surface area contributed by atoms with Gasteiger partial charge in [0.2, 0.25) is 0 Å². The molecule has 0 aliphatic carbocycles. The minimum absolute atomic E-state index is 0.293. The number of hydrogen-bond donors (Lipinski definition) is 1. The molecule has 0 aliphatic rings. The molecule has 1 aromatic carbocycles. The molecule has 0 amide bonds. The molecule has 0 spiro atoms. The third kappa shape index (κ3) is 5.44. The van der Waals surface area contributed by atoms with Gasteiger partial charge < -0.3 is 10.1 Å². The van der Waals surface area contributed by atoms with Crippen LogP contribution in [0.2, 0.25) is 0 Å². The van der Waals surface area contributed by atoms with Gasteiger partial charge in [0.1, 0.15) is 0 Å². The van der Waals surface area contributed by atoms with E-state index < -0.39 is 0 Å². The van der Waals surface area contributed by atoms with Crippen molar-refractivity contribution in [2.24, 2.45) is 0 Å². The molecule has 2 atom stereocenters. The molecule has 120 valence electrons. The Bertz CT molecular complexity index is 405. The zero-order chi connectivity index (χ0) is 15.8. The Balaban J connectivity index is 2.94. The summed E-state index contributed by atoms with van der Waals surface area (Å²) in [5.74, 6) is 0. The third-order valence-corrected chi connectivity index (χ3v) is 4.25. The standard InChI is InChI=1S/C19H33NO/c1-7-9-19(21-6)18(20-10-8-2)13-17-15(4)11-14(3)12-16(17)5/h11-12,18-20H,7-10,13H2,1-6H3. The van der Waals surface area contributed by atoms with Gasteiger partial charge in [0, 0.05) is 13.2 Å². The van der Waals surface area contributed by atoms with Crippen molar-refractivity contribution < 1.29 is 4.74 Å². The van der Waals surface area contributed by atoms with Crippen LogP contribution in [0, 0.1) is 20.8 Å². The second-order valence-electron chi connectivity index (χ2n) is 6.20. The Morgan fingerprint density at radius 2 is 1.67 bits per heavy atom. The predicted octanol–water partition coefficient (Wildman–Crippen LogP) is 4.34. The van der Waals surface area contributed by atoms with E-state index in [1.807, 2.05) is 7.11 Å². The maximum atomic E-state index is 5.76. The monoisotopic (exact) mass is 291 g/mol. The van der Waals surface area contributed by atoms with Crippen molar-refractivity contribution in [2.75, 3.05) is 13.7 Å². The van der Waals surface area contributed by atoms with E-state index in [4.69, 9.17) is 4.74 Å². The van der Waals surface area contributed by atoms with Crippen molar-refractivity contribution in [3.8, 4) is 0 Å². The maximum Gasteiger partial charge on any atom is 0.0727 e. The van der Waals surface area contributed by atoms with Gasteiger partial charge in [0.05, 0.1) is 6.10 Å². The van der Waals surface area contributed by atoms with E-state index in [0.29, 0.717) is 12.1 Å². The van der Waals surface area contributed by atoms with Crippen LogP contribution in [0.4, 0.5) is 0 Å². The Morgan fingerprint density at radius 1 is 1.05 bits per heavy atom. The molecule has 2 unspecified atom stereocenters. The number of aryl methyl sites for hydroxylation is 3. The van der Waals surface area contributed by atoms with Crippen LogP contribution in [0.15, 0.2) is 12.1 Å². The second-order valence-corrected chi connectivity index (χ2v) is 6.20. The minimum Gasteiger partial charge on any atom is -0.380 e. The molecule has 0 bridgehead atoms. The highest BCUT2D eigenvalue weighted by atomic mass is 16.5. The number of hydrogen-bond acceptors (Lipinski definition) is 2. The van der Waals surface area contributed by atoms with Crippen molar-refractivity contribution >= 4 is 0 Å². The van der Waals surface area contributed by atoms with E-state index in [9.17, 15) is 0 Å². The lowest BCUT2D eigenvalue weighted by Gasteiger charge is -2.28. The summed E-state index contributed by atoms with van der Waals surface area (Å²) in [4.78, 5) is 0. The van der Waals surface area contributed by atoms with Crippen molar-refractivity contribution in [1.82, 2.24) is 5.32 Å². The lowest BCUT2D eigenvalue weighted by Crippen LogP contribution is -2.43. The van der Waals surface area contributed by atoms with Gasteiger partial charge in [-0.25, -0.2) is 0 Å². The van der Waals surface area contributed by atoms with Crippen molar-refractivity contribution in [3.63, 3.8) is 0 Å². The molecular formula is C19H33NO. The number of methoxy groups -OCH3 is 1. The first kappa shape index (κ1) is 18.2. The van der Waals surface area contributed by atoms with Crippen LogP contribution in [0.5, 0.6) is 0 Å². The zero-order valence-corrected chi connectivity index (χ0v) is 14.8. The van der Waals surface area contributed by atoms with E-state index in [2.05, 4.69) is 52.1 Å². The fourth-order valence-corrected chi connectivity index (χ4v) is 3.18. The first-order valence-electron chi connectivity index (χ1n) is 8.36. The summed E-state index contributed by atoms with van der Waals surface area (Å²) in [6.45, 7) is 12.1. The van der Waals surface area contributed by atoms with Gasteiger partial charge in [-0.05, 0) is 63.3 Å². The molecule has 1 aromatic rings. The van der Waals surface area contributed by atoms with E-state index in [1.54, 1.807) is 0 Å². The zero-order valence-electron chi connectivity index (χ0n) is 14.8. The molecule has 0 fully saturated rings. The quantitative estimate of drug-likeness (QED) is 0.731. The molecule has 0 aromatic heterocycles. The topological polar surface area (TPSA) is 21.3 Å². The van der Waals surface area contributed by atoms with Gasteiger partial charge in [-0.3, -0.25) is 0 Å². The Kier molecular flexibility index (Phi) is 7.98. The Labute approximate surface area is 131 Å². The van der Waals surface area contributed by atoms with E-state index in [-0.39, 0.29) is 0 Å². The summed E-state index contributed by atoms with van der Waals surface area (Å²) in [6, 6.07) is 4.98. The van der Waals surface area contributed by atoms with Crippen LogP contribution in [0.3, 0.4) is 0 Å². The van der Waals surface area contributed by atoms with E-state index >= 15 is 0 Å². The highest BCUT2D eigenvalue weighted by Crippen LogP contribution is 2.20. The van der Waals surface area contributed by atoms with Crippen LogP contribution >= 0.6 is 0 Å². The van der Waals surface area contributed by atoms with Gasteiger partial charge in [0.25, 0.3) is 0 Å². The molecular weight excluding hydrogens is 258 g/mol. The highest BCUT2D eigenvalue weighted by molar-refractivity contribution is 5.38. The van der Waals surface area contributed by atoms with Gasteiger partial charge in [0.15, 0.2) is 0 Å². The number of ether oxygens (including phenoxy) is 1. The number of benzene rings is 1. The summed E-state index contributed by atoms with van der Waals surface area (Å²) in [6.07, 6.45) is 4.78. The van der Waals surface area contributed by atoms with Gasteiger partial charge in [-0.1, -0.05) is 38.0 Å². The van der Waals surface area contributed by atoms with Crippen LogP contribution in [-0.2, 0) is 11.2 Å². The number of rotatable bonds is 9. The molecule has 1 N–H and O–H groups in total. The van der Waals surface area contributed by atoms with Crippen LogP contribution < -0.4 is 5.32 Å². The SMILES string of the molecule is CCCNC(Cc1c(C)cc(C)cc1C)C(CCC)OC. The Morgan fingerprint density at radius 3 is 2.14 bits per heavy atom. The smallest absolute Gasteiger partial charge is 0.0727 e. The fourth-order valence-electron chi connectivity index (χ4n) is 3.18. The minimum atomic E-state index is 0.293. The summed E-state index contributed by atoms with van der Waals surface area (Å²) in [7, 11) is 1.84. The normalized spacial score (nSPS) is 14.2. The van der Waals surface area contributed by atoms with E-state index in [0.717, 1.165) is 32.2 Å². The average Bonchev–Trinajstić information content (AvgIpc) is 2.43. The summed E-state index contributed by atoms with van der Waals surface area (Å²) in [5.41, 5.74) is 5.64. The average molecular weight is 291 g/mol. The molecule has 1 rings (SSSR count). The molecule has 2 nitrogen and oxygen atoms in total. The number of nitrogens with one attached hydrogen (secondary N) is 1. The van der Waals surface area contributed by atoms with Gasteiger partial charge in [-0.15, -0.1) is 0 Å². The molecule has 0 saturated heterocycles. The van der Waals surface area contributed by atoms with E-state index in [1.165, 1.54) is 22.3 Å². The first-order valence-corrected chi connectivity index (χ1v) is 8.36. The third-order valence-electron chi connectivity index (χ3n) is 4.25. The second kappa shape index (κ2) is 9.22. The summed E-state index contributed by atoms with van der Waals surface area (Å²) in [5, 5.41) is 3.70. The molecule has 21 heavy (non-hydrogen) atoms. The fraction of sp³-hybridized carbons (Fsp3) is 0.684. The molecule has 0 aliphatic heterocycles. The van der Waals surface area contributed by atoms with Crippen molar-refractivity contribution in [3.05, 3.63) is 34.4 Å². The van der Waals surface area contributed by atoms with Crippen molar-refractivity contribution in [1.29, 1.82) is 0 Å². The lowest BCUT2D eigenvalue weighted by atomic mass is 9.91. The summed E-state index contributed by atoms with van der Waals surface area (Å²) < 4.78 is 5.76. The molecule has 0 saturated carbocycles. The molecule has 0 radical (unpaired) electrons. The molecule has 2 heteroatoms. The summed E-state index contributed by atoms with van der Waals surface area (Å²) >= 11 is 0. The first-order chi connectivity index (χ1) is 10.0. The Hall–Kier alpha value is -0.860. The van der Waals surface area contributed by atoms with Crippen LogP contribution in [-0.4, -0.2) is 25.8 Å². The largest absolute Gasteiger partial charge is 0.380 e. The van der Waals surface area contributed by atoms with Gasteiger partial charge >= 0.3 is 0 Å². The predicted molar refractivity (Wildman–Crippen MR) is 92.1 cm³/mol. The highest BCUT2D eigenvalue weighted by Gasteiger charge is 2.21. The van der Waals surface area contributed by atoms with Crippen LogP contribution in [0.25, 0.3) is 0 Å². The lowest BCUT2D eigenvalue weighted by molar-refractivity contribution is 0.0608. The van der Waals surface area contributed by atoms with Gasteiger partial charge in [-0.2, -0.15) is 0 Å². The van der Waals surface area contributed by atoms with Crippen molar-refractivity contribution in [2.45, 2.75) is 72.4 Å². The molecule has 0 heterocycles. The maximum absolute atomic E-state index is 5.76.